The van der Waals surface area contributed by atoms with Crippen LogP contribution in [0, 0.1) is 5.82 Å². The van der Waals surface area contributed by atoms with Crippen molar-refractivity contribution in [3.05, 3.63) is 78.6 Å². The van der Waals surface area contributed by atoms with Gasteiger partial charge < -0.3 is 0 Å². The third-order valence-corrected chi connectivity index (χ3v) is 12.6. The molecule has 0 unspecified atom stereocenters. The molecule has 0 N–H and O–H groups in total. The molecule has 0 aliphatic carbocycles. The summed E-state index contributed by atoms with van der Waals surface area (Å²) in [7, 11) is 0. The van der Waals surface area contributed by atoms with Crippen LogP contribution in [0.15, 0.2) is 72.8 Å². The molecule has 22 heavy (non-hydrogen) atoms. The van der Waals surface area contributed by atoms with Crippen LogP contribution in [0.1, 0.15) is 0 Å². The number of rotatable bonds is 1. The molecule has 1 nitrogen and oxygen atoms in total. The topological polar surface area (TPSA) is 9.23 Å². The normalized spacial score (nSPS) is 14.6. The molecular formula is C19H15AsFO+. The first-order valence-electron chi connectivity index (χ1n) is 7.19. The summed E-state index contributed by atoms with van der Waals surface area (Å²) in [4.78, 5) is 0. The second kappa shape index (κ2) is 5.00. The Labute approximate surface area is 131 Å². The third-order valence-electron chi connectivity index (χ3n) is 4.24. The molecule has 1 aliphatic heterocycles. The molecule has 0 radical (unpaired) electrons. The van der Waals surface area contributed by atoms with Gasteiger partial charge in [-0.1, -0.05) is 0 Å². The van der Waals surface area contributed by atoms with Crippen LogP contribution in [0.3, 0.4) is 0 Å². The van der Waals surface area contributed by atoms with Gasteiger partial charge in [-0.05, 0) is 0 Å². The SMILES string of the molecule is C[As+]1(c2cccc(F)c2)c2ccccc2Oc2ccccc21. The summed E-state index contributed by atoms with van der Waals surface area (Å²) in [6.45, 7) is 0. The van der Waals surface area contributed by atoms with Crippen molar-refractivity contribution in [3.8, 4) is 11.5 Å². The van der Waals surface area contributed by atoms with Crippen LogP contribution in [0.25, 0.3) is 0 Å². The van der Waals surface area contributed by atoms with Crippen LogP contribution < -0.4 is 17.8 Å². The van der Waals surface area contributed by atoms with E-state index in [0.717, 1.165) is 15.9 Å². The Hall–Kier alpha value is -2.05. The summed E-state index contributed by atoms with van der Waals surface area (Å²) in [6.07, 6.45) is 0. The van der Waals surface area contributed by atoms with Crippen molar-refractivity contribution >= 4 is 26.6 Å². The number of fused-ring (bicyclic) bond motifs is 2. The Bertz CT molecular complexity index is 814. The van der Waals surface area contributed by atoms with Crippen LogP contribution in [0.4, 0.5) is 4.39 Å². The fourth-order valence-electron chi connectivity index (χ4n) is 3.11. The monoisotopic (exact) mass is 353 g/mol. The molecule has 0 fully saturated rings. The van der Waals surface area contributed by atoms with E-state index in [9.17, 15) is 4.39 Å². The Morgan fingerprint density at radius 3 is 1.95 bits per heavy atom. The molecule has 0 bridgehead atoms. The van der Waals surface area contributed by atoms with Gasteiger partial charge in [0.05, 0.1) is 0 Å². The molecule has 0 saturated heterocycles. The minimum absolute atomic E-state index is 0.179. The van der Waals surface area contributed by atoms with Gasteiger partial charge in [0.25, 0.3) is 0 Å². The van der Waals surface area contributed by atoms with Gasteiger partial charge in [-0.25, -0.2) is 0 Å². The second-order valence-electron chi connectivity index (χ2n) is 5.52. The molecule has 108 valence electrons. The number of hydrogen-bond donors (Lipinski definition) is 0. The molecule has 0 saturated carbocycles. The molecule has 3 aromatic rings. The van der Waals surface area contributed by atoms with E-state index in [4.69, 9.17) is 4.74 Å². The van der Waals surface area contributed by atoms with E-state index in [1.54, 1.807) is 12.1 Å². The molecular weight excluding hydrogens is 338 g/mol. The first-order chi connectivity index (χ1) is 10.7. The van der Waals surface area contributed by atoms with E-state index in [0.29, 0.717) is 0 Å². The molecule has 0 amide bonds. The van der Waals surface area contributed by atoms with Crippen LogP contribution >= 0.6 is 0 Å². The minimum atomic E-state index is -2.68. The molecule has 3 heteroatoms. The van der Waals surface area contributed by atoms with Crippen molar-refractivity contribution in [2.75, 3.05) is 0 Å². The third kappa shape index (κ3) is 1.91. The van der Waals surface area contributed by atoms with Crippen LogP contribution in [-0.4, -0.2) is 13.6 Å². The summed E-state index contributed by atoms with van der Waals surface area (Å²) in [5, 5.41) is 0. The molecule has 4 rings (SSSR count). The van der Waals surface area contributed by atoms with E-state index < -0.39 is 13.6 Å². The van der Waals surface area contributed by atoms with Crippen molar-refractivity contribution in [1.82, 2.24) is 0 Å². The fraction of sp³-hybridized carbons (Fsp3) is 0.0526. The number of para-hydroxylation sites is 2. The molecule has 3 aromatic carbocycles. The van der Waals surface area contributed by atoms with E-state index in [2.05, 4.69) is 23.9 Å². The van der Waals surface area contributed by atoms with Gasteiger partial charge in [0.15, 0.2) is 0 Å². The second-order valence-corrected chi connectivity index (χ2v) is 12.9. The van der Waals surface area contributed by atoms with Crippen molar-refractivity contribution in [1.29, 1.82) is 0 Å². The van der Waals surface area contributed by atoms with Crippen molar-refractivity contribution < 1.29 is 9.13 Å². The predicted octanol–water partition coefficient (Wildman–Crippen LogP) is 3.03. The number of ether oxygens (including phenoxy) is 1. The first-order valence-corrected chi connectivity index (χ1v) is 11.9. The predicted molar refractivity (Wildman–Crippen MR) is 89.9 cm³/mol. The molecule has 0 atom stereocenters. The number of hydrogen-bond acceptors (Lipinski definition) is 1. The summed E-state index contributed by atoms with van der Waals surface area (Å²) in [6, 6.07) is 23.4. The molecule has 1 aliphatic rings. The standard InChI is InChI=1S/C19H15AsFO/c1-20(14-7-6-8-15(21)13-14)16-9-2-4-11-18(16)22-19-12-5-3-10-17(19)20/h2-13H,1H3/q+1. The van der Waals surface area contributed by atoms with E-state index in [1.165, 1.54) is 14.8 Å². The van der Waals surface area contributed by atoms with Gasteiger partial charge in [0.2, 0.25) is 0 Å². The summed E-state index contributed by atoms with van der Waals surface area (Å²) < 4.78 is 23.5. The van der Waals surface area contributed by atoms with Crippen LogP contribution in [0.5, 0.6) is 11.5 Å². The molecule has 1 heterocycles. The Morgan fingerprint density at radius 1 is 0.773 bits per heavy atom. The zero-order valence-electron chi connectivity index (χ0n) is 12.2. The Kier molecular flexibility index (Phi) is 3.09. The Balaban J connectivity index is 2.06. The average molecular weight is 353 g/mol. The van der Waals surface area contributed by atoms with E-state index in [-0.39, 0.29) is 5.82 Å². The average Bonchev–Trinajstić information content (AvgIpc) is 2.55. The number of halogens is 1. The fourth-order valence-corrected chi connectivity index (χ4v) is 10.4. The maximum atomic E-state index is 13.8. The van der Waals surface area contributed by atoms with Crippen molar-refractivity contribution in [3.63, 3.8) is 0 Å². The van der Waals surface area contributed by atoms with Gasteiger partial charge in [-0.15, -0.1) is 0 Å². The zero-order valence-corrected chi connectivity index (χ0v) is 14.0. The van der Waals surface area contributed by atoms with Gasteiger partial charge in [-0.3, -0.25) is 0 Å². The number of benzene rings is 3. The Morgan fingerprint density at radius 2 is 1.36 bits per heavy atom. The summed E-state index contributed by atoms with van der Waals surface area (Å²) in [5.74, 6) is 1.63. The van der Waals surface area contributed by atoms with Crippen LogP contribution in [0.2, 0.25) is 5.71 Å². The van der Waals surface area contributed by atoms with Crippen molar-refractivity contribution in [2.45, 2.75) is 5.71 Å². The quantitative estimate of drug-likeness (QED) is 0.611. The maximum absolute atomic E-state index is 13.8. The molecule has 0 spiro atoms. The summed E-state index contributed by atoms with van der Waals surface area (Å²) in [5.41, 5.74) is 2.30. The zero-order chi connectivity index (χ0) is 15.2. The van der Waals surface area contributed by atoms with E-state index in [1.807, 2.05) is 36.4 Å². The van der Waals surface area contributed by atoms with Crippen molar-refractivity contribution in [2.24, 2.45) is 0 Å². The van der Waals surface area contributed by atoms with Crippen LogP contribution in [-0.2, 0) is 0 Å². The van der Waals surface area contributed by atoms with Gasteiger partial charge in [-0.2, -0.15) is 0 Å². The van der Waals surface area contributed by atoms with Gasteiger partial charge in [0, 0.05) is 0 Å². The van der Waals surface area contributed by atoms with E-state index >= 15 is 0 Å². The summed E-state index contributed by atoms with van der Waals surface area (Å²) >= 11 is -2.68. The van der Waals surface area contributed by atoms with Gasteiger partial charge >= 0.3 is 132 Å². The molecule has 0 aromatic heterocycles. The first kappa shape index (κ1) is 13.6. The van der Waals surface area contributed by atoms with Gasteiger partial charge in [0.1, 0.15) is 0 Å².